The highest BCUT2D eigenvalue weighted by molar-refractivity contribution is 6.08. The molecule has 0 radical (unpaired) electrons. The number of para-hydroxylation sites is 1. The lowest BCUT2D eigenvalue weighted by Gasteiger charge is -2.17. The first-order valence-corrected chi connectivity index (χ1v) is 11.0. The van der Waals surface area contributed by atoms with Crippen LogP contribution in [0.4, 0.5) is 5.69 Å². The molecule has 1 aliphatic rings. The first-order chi connectivity index (χ1) is 14.9. The molecule has 0 atom stereocenters. The summed E-state index contributed by atoms with van der Waals surface area (Å²) in [7, 11) is 2.11. The van der Waals surface area contributed by atoms with Crippen molar-refractivity contribution in [1.29, 1.82) is 0 Å². The Hall–Kier alpha value is -3.39. The molecule has 3 aromatic carbocycles. The minimum atomic E-state index is -0.0667. The van der Waals surface area contributed by atoms with E-state index >= 15 is 0 Å². The van der Waals surface area contributed by atoms with Crippen molar-refractivity contribution in [3.05, 3.63) is 88.9 Å². The van der Waals surface area contributed by atoms with Crippen LogP contribution in [0.3, 0.4) is 0 Å². The Labute approximate surface area is 183 Å². The average molecular weight is 406 g/mol. The predicted octanol–water partition coefficient (Wildman–Crippen LogP) is 5.17. The first kappa shape index (κ1) is 19.6. The van der Waals surface area contributed by atoms with Crippen LogP contribution in [0, 0.1) is 0 Å². The van der Waals surface area contributed by atoms with Crippen molar-refractivity contribution in [3.8, 4) is 0 Å². The number of allylic oxidation sites excluding steroid dienone is 2. The fourth-order valence-electron chi connectivity index (χ4n) is 5.31. The molecular weight excluding hydrogens is 376 g/mol. The molecule has 0 spiro atoms. The van der Waals surface area contributed by atoms with Crippen molar-refractivity contribution >= 4 is 45.7 Å². The van der Waals surface area contributed by atoms with Gasteiger partial charge in [0, 0.05) is 46.2 Å². The molecule has 2 heteroatoms. The molecule has 0 saturated heterocycles. The molecule has 154 valence electrons. The van der Waals surface area contributed by atoms with Crippen LogP contribution < -0.4 is 10.6 Å². The summed E-state index contributed by atoms with van der Waals surface area (Å²) in [5.41, 5.74) is 5.24. The second-order valence-corrected chi connectivity index (χ2v) is 8.90. The zero-order valence-corrected chi connectivity index (χ0v) is 18.8. The summed E-state index contributed by atoms with van der Waals surface area (Å²) >= 11 is 0. The number of hydrogen-bond acceptors (Lipinski definition) is 0. The lowest BCUT2D eigenvalue weighted by molar-refractivity contribution is -0.433. The molecule has 0 bridgehead atoms. The quantitative estimate of drug-likeness (QED) is 0.415. The number of aryl methyl sites for hydroxylation is 1. The van der Waals surface area contributed by atoms with Crippen LogP contribution in [0.25, 0.3) is 34.3 Å². The van der Waals surface area contributed by atoms with Gasteiger partial charge in [-0.25, -0.2) is 0 Å². The van der Waals surface area contributed by atoms with E-state index in [-0.39, 0.29) is 5.41 Å². The minimum Gasteiger partial charge on any atom is -0.344 e. The van der Waals surface area contributed by atoms with Crippen LogP contribution in [0.2, 0.25) is 0 Å². The summed E-state index contributed by atoms with van der Waals surface area (Å²) in [6, 6.07) is 21.7. The third-order valence-electron chi connectivity index (χ3n) is 6.84. The smallest absolute Gasteiger partial charge is 0.210 e. The number of rotatable bonds is 3. The molecule has 0 N–H and O–H groups in total. The average Bonchev–Trinajstić information content (AvgIpc) is 3.16. The monoisotopic (exact) mass is 405 g/mol. The van der Waals surface area contributed by atoms with Crippen molar-refractivity contribution in [3.63, 3.8) is 0 Å². The van der Waals surface area contributed by atoms with E-state index < -0.39 is 0 Å². The van der Waals surface area contributed by atoms with Crippen molar-refractivity contribution in [2.24, 2.45) is 7.05 Å². The SMILES string of the molecule is C=c1c(=CC=CC2=[N+](CC)c3ccc4ccccc4c3C2(C)C)n(C)c2ccccc12. The van der Waals surface area contributed by atoms with Gasteiger partial charge in [0.25, 0.3) is 0 Å². The van der Waals surface area contributed by atoms with Crippen LogP contribution in [0.5, 0.6) is 0 Å². The van der Waals surface area contributed by atoms with Gasteiger partial charge in [-0.15, -0.1) is 0 Å². The van der Waals surface area contributed by atoms with Crippen molar-refractivity contribution < 1.29 is 4.58 Å². The van der Waals surface area contributed by atoms with E-state index in [2.05, 4.69) is 122 Å². The van der Waals surface area contributed by atoms with Gasteiger partial charge in [-0.2, -0.15) is 4.58 Å². The minimum absolute atomic E-state index is 0.0667. The molecule has 1 aromatic heterocycles. The van der Waals surface area contributed by atoms with Crippen molar-refractivity contribution in [1.82, 2.24) is 4.57 Å². The highest BCUT2D eigenvalue weighted by atomic mass is 15.0. The lowest BCUT2D eigenvalue weighted by atomic mass is 9.79. The molecule has 2 nitrogen and oxygen atoms in total. The zero-order valence-electron chi connectivity index (χ0n) is 18.8. The van der Waals surface area contributed by atoms with E-state index in [1.54, 1.807) is 0 Å². The van der Waals surface area contributed by atoms with Crippen LogP contribution in [-0.2, 0) is 12.5 Å². The maximum atomic E-state index is 4.34. The Balaban J connectivity index is 1.66. The van der Waals surface area contributed by atoms with Gasteiger partial charge in [-0.3, -0.25) is 0 Å². The van der Waals surface area contributed by atoms with Crippen LogP contribution in [0.1, 0.15) is 26.3 Å². The summed E-state index contributed by atoms with van der Waals surface area (Å²) in [5, 5.41) is 6.11. The van der Waals surface area contributed by atoms with Gasteiger partial charge in [0.2, 0.25) is 5.69 Å². The van der Waals surface area contributed by atoms with Gasteiger partial charge in [-0.1, -0.05) is 55.1 Å². The summed E-state index contributed by atoms with van der Waals surface area (Å²) in [6.07, 6.45) is 6.67. The van der Waals surface area contributed by atoms with Gasteiger partial charge >= 0.3 is 0 Å². The lowest BCUT2D eigenvalue weighted by Crippen LogP contribution is -2.28. The standard InChI is InChI=1S/C29H29N2/c1-6-31-26-19-18-21-12-7-8-14-23(21)28(26)29(3,4)27(31)17-11-16-24-20(2)22-13-9-10-15-25(22)30(24)5/h7-19H,2,6H2,1,3-5H3/q+1. The van der Waals surface area contributed by atoms with E-state index in [0.29, 0.717) is 0 Å². The Bertz CT molecular complexity index is 1510. The molecule has 31 heavy (non-hydrogen) atoms. The number of aromatic nitrogens is 1. The van der Waals surface area contributed by atoms with Gasteiger partial charge < -0.3 is 4.57 Å². The summed E-state index contributed by atoms with van der Waals surface area (Å²) in [4.78, 5) is 0. The van der Waals surface area contributed by atoms with E-state index in [4.69, 9.17) is 0 Å². The highest BCUT2D eigenvalue weighted by Gasteiger charge is 2.44. The molecule has 2 heterocycles. The zero-order chi connectivity index (χ0) is 21.8. The fraction of sp³-hybridized carbons (Fsp3) is 0.207. The Morgan fingerprint density at radius 2 is 1.68 bits per heavy atom. The maximum absolute atomic E-state index is 4.34. The first-order valence-electron chi connectivity index (χ1n) is 11.0. The Morgan fingerprint density at radius 3 is 2.42 bits per heavy atom. The second-order valence-electron chi connectivity index (χ2n) is 8.90. The van der Waals surface area contributed by atoms with Crippen LogP contribution >= 0.6 is 0 Å². The molecule has 0 aliphatic carbocycles. The Morgan fingerprint density at radius 1 is 0.968 bits per heavy atom. The summed E-state index contributed by atoms with van der Waals surface area (Å²) in [6.45, 7) is 12.2. The molecule has 0 saturated carbocycles. The number of benzene rings is 3. The van der Waals surface area contributed by atoms with Crippen LogP contribution in [0.15, 0.2) is 72.8 Å². The number of nitrogens with zero attached hydrogens (tertiary/aromatic N) is 2. The largest absolute Gasteiger partial charge is 0.344 e. The predicted molar refractivity (Wildman–Crippen MR) is 134 cm³/mol. The third kappa shape index (κ3) is 2.82. The number of fused-ring (bicyclic) bond motifs is 4. The summed E-state index contributed by atoms with van der Waals surface area (Å²) in [5.74, 6) is 0. The topological polar surface area (TPSA) is 7.94 Å². The van der Waals surface area contributed by atoms with Crippen LogP contribution in [-0.4, -0.2) is 21.4 Å². The van der Waals surface area contributed by atoms with Gasteiger partial charge in [0.15, 0.2) is 5.71 Å². The van der Waals surface area contributed by atoms with Gasteiger partial charge in [-0.05, 0) is 49.8 Å². The van der Waals surface area contributed by atoms with E-state index in [0.717, 1.165) is 17.1 Å². The fourth-order valence-corrected chi connectivity index (χ4v) is 5.31. The van der Waals surface area contributed by atoms with E-state index in [1.165, 1.54) is 38.6 Å². The molecule has 4 aromatic rings. The maximum Gasteiger partial charge on any atom is 0.210 e. The van der Waals surface area contributed by atoms with Gasteiger partial charge in [0.05, 0.1) is 5.41 Å². The molecule has 0 amide bonds. The Kier molecular flexibility index (Phi) is 4.48. The molecular formula is C29H29N2+. The summed E-state index contributed by atoms with van der Waals surface area (Å²) < 4.78 is 4.69. The number of hydrogen-bond donors (Lipinski definition) is 0. The van der Waals surface area contributed by atoms with Crippen molar-refractivity contribution in [2.45, 2.75) is 26.2 Å². The van der Waals surface area contributed by atoms with E-state index in [1.807, 2.05) is 0 Å². The van der Waals surface area contributed by atoms with Crippen molar-refractivity contribution in [2.75, 3.05) is 6.54 Å². The highest BCUT2D eigenvalue weighted by Crippen LogP contribution is 2.44. The van der Waals surface area contributed by atoms with E-state index in [9.17, 15) is 0 Å². The molecule has 0 unspecified atom stereocenters. The molecule has 0 fully saturated rings. The second kappa shape index (κ2) is 7.09. The molecule has 5 rings (SSSR count). The van der Waals surface area contributed by atoms with Gasteiger partial charge in [0.1, 0.15) is 6.54 Å². The normalized spacial score (nSPS) is 16.2. The third-order valence-corrected chi connectivity index (χ3v) is 6.84. The molecule has 1 aliphatic heterocycles.